The lowest BCUT2D eigenvalue weighted by Gasteiger charge is -2.46. The van der Waals surface area contributed by atoms with Crippen molar-refractivity contribution in [2.75, 3.05) is 39.6 Å². The molecule has 19 nitrogen and oxygen atoms in total. The lowest BCUT2D eigenvalue weighted by molar-refractivity contribution is -0.331. The summed E-state index contributed by atoms with van der Waals surface area (Å²) in [6, 6.07) is 105. The molecular weight excluding hydrogens is 1450 g/mol. The number of carbonyl (C=O) groups excluding carboxylic acids is 3. The van der Waals surface area contributed by atoms with Crippen LogP contribution in [0.2, 0.25) is 0 Å². The zero-order valence-corrected chi connectivity index (χ0v) is 63.4. The van der Waals surface area contributed by atoms with Crippen molar-refractivity contribution in [3.8, 4) is 0 Å². The number of aliphatic hydroxyl groups excluding tert-OH is 1. The number of hydrogen-bond donors (Lipinski definition) is 1. The molecule has 2 aliphatic heterocycles. The second-order valence-electron chi connectivity index (χ2n) is 27.3. The molecule has 0 radical (unpaired) electrons. The van der Waals surface area contributed by atoms with Crippen LogP contribution < -0.4 is 0 Å². The van der Waals surface area contributed by atoms with Crippen LogP contribution in [0.1, 0.15) is 75.6 Å². The molecule has 2 heterocycles. The Morgan fingerprint density at radius 2 is 0.500 bits per heavy atom. The van der Waals surface area contributed by atoms with Crippen molar-refractivity contribution in [1.29, 1.82) is 0 Å². The largest absolute Gasteiger partial charge is 0.458 e. The predicted octanol–water partition coefficient (Wildman–Crippen LogP) is 15.7. The summed E-state index contributed by atoms with van der Waals surface area (Å²) in [4.78, 5) is 39.4. The molecule has 0 spiro atoms. The van der Waals surface area contributed by atoms with Gasteiger partial charge in [-0.3, -0.25) is 0 Å². The summed E-state index contributed by atoms with van der Waals surface area (Å²) in [7, 11) is 0. The highest BCUT2D eigenvalue weighted by Gasteiger charge is 2.51. The van der Waals surface area contributed by atoms with Crippen molar-refractivity contribution < 1.29 is 90.5 Å². The van der Waals surface area contributed by atoms with Crippen LogP contribution in [-0.2, 0) is 124 Å². The number of rotatable bonds is 40. The van der Waals surface area contributed by atoms with Gasteiger partial charge in [-0.2, -0.15) is 0 Å². The molecule has 1 N–H and O–H groups in total. The number of benzene rings is 11. The molecular formula is C95H96O19. The number of ether oxygens (including phenoxy) is 15. The molecule has 0 saturated carbocycles. The molecule has 12 unspecified atom stereocenters. The summed E-state index contributed by atoms with van der Waals surface area (Å²) in [6.45, 7) is 1.44. The van der Waals surface area contributed by atoms with E-state index in [-0.39, 0.29) is 66.1 Å². The molecule has 11 aromatic rings. The van der Waals surface area contributed by atoms with Crippen LogP contribution in [0.4, 0.5) is 0 Å². The van der Waals surface area contributed by atoms with Crippen LogP contribution >= 0.6 is 0 Å². The summed E-state index contributed by atoms with van der Waals surface area (Å²) in [5.41, 5.74) is 8.87. The normalized spacial score (nSPS) is 19.7. The second kappa shape index (κ2) is 45.9. The minimum atomic E-state index is -1.07. The monoisotopic (exact) mass is 1540 g/mol. The van der Waals surface area contributed by atoms with Gasteiger partial charge in [-0.25, -0.2) is 14.4 Å². The summed E-state index contributed by atoms with van der Waals surface area (Å²) in [6.07, 6.45) is -9.82. The summed E-state index contributed by atoms with van der Waals surface area (Å²) < 4.78 is 96.7. The van der Waals surface area contributed by atoms with Gasteiger partial charge >= 0.3 is 17.9 Å². The fourth-order valence-electron chi connectivity index (χ4n) is 12.8. The van der Waals surface area contributed by atoms with E-state index in [4.69, 9.17) is 71.1 Å². The first-order valence-electron chi connectivity index (χ1n) is 38.3. The van der Waals surface area contributed by atoms with E-state index in [9.17, 15) is 19.5 Å². The minimum absolute atomic E-state index is 0.131. The van der Waals surface area contributed by atoms with Crippen molar-refractivity contribution in [3.05, 3.63) is 395 Å². The average molecular weight is 1540 g/mol. The number of esters is 3. The first kappa shape index (κ1) is 82.8. The van der Waals surface area contributed by atoms with Gasteiger partial charge in [0.25, 0.3) is 0 Å². The van der Waals surface area contributed by atoms with E-state index in [1.165, 1.54) is 0 Å². The van der Waals surface area contributed by atoms with E-state index >= 15 is 0 Å². The Bertz CT molecular complexity index is 4480. The Kier molecular flexibility index (Phi) is 33.3. The van der Waals surface area contributed by atoms with Crippen molar-refractivity contribution in [3.63, 3.8) is 0 Å². The lowest BCUT2D eigenvalue weighted by atomic mass is 9.97. The Labute approximate surface area is 666 Å². The third-order valence-corrected chi connectivity index (χ3v) is 18.8. The number of aliphatic hydroxyl groups is 1. The van der Waals surface area contributed by atoms with Crippen LogP contribution in [-0.4, -0.2) is 136 Å². The van der Waals surface area contributed by atoms with Crippen molar-refractivity contribution >= 4 is 17.9 Å². The van der Waals surface area contributed by atoms with Gasteiger partial charge in [0.15, 0.2) is 18.7 Å². The zero-order chi connectivity index (χ0) is 78.4. The second-order valence-corrected chi connectivity index (χ2v) is 27.3. The highest BCUT2D eigenvalue weighted by Crippen LogP contribution is 2.35. The maximum absolute atomic E-state index is 13.4. The lowest BCUT2D eigenvalue weighted by Crippen LogP contribution is -2.62. The van der Waals surface area contributed by atoms with Crippen molar-refractivity contribution in [1.82, 2.24) is 0 Å². The molecule has 2 aliphatic rings. The number of hydrogen-bond acceptors (Lipinski definition) is 19. The maximum atomic E-state index is 13.4. The highest BCUT2D eigenvalue weighted by atomic mass is 16.7. The quantitative estimate of drug-likeness (QED) is 0.0279. The van der Waals surface area contributed by atoms with Gasteiger partial charge in [0.2, 0.25) is 0 Å². The smallest absolute Gasteiger partial charge is 0.338 e. The van der Waals surface area contributed by atoms with E-state index < -0.39 is 98.1 Å². The highest BCUT2D eigenvalue weighted by molar-refractivity contribution is 5.90. The molecule has 11 aromatic carbocycles. The summed E-state index contributed by atoms with van der Waals surface area (Å²) in [5.74, 6) is -1.74. The van der Waals surface area contributed by atoms with Gasteiger partial charge in [0.05, 0.1) is 103 Å². The van der Waals surface area contributed by atoms with Crippen molar-refractivity contribution in [2.45, 2.75) is 126 Å². The van der Waals surface area contributed by atoms with Crippen LogP contribution in [0.3, 0.4) is 0 Å². The number of carbonyl (C=O) groups is 3. The molecule has 0 bridgehead atoms. The topological polar surface area (TPSA) is 210 Å². The van der Waals surface area contributed by atoms with Crippen LogP contribution in [0.5, 0.6) is 0 Å². The van der Waals surface area contributed by atoms with E-state index in [0.717, 1.165) is 44.5 Å². The Morgan fingerprint density at radius 1 is 0.263 bits per heavy atom. The molecule has 114 heavy (non-hydrogen) atoms. The minimum Gasteiger partial charge on any atom is -0.458 e. The SMILES string of the molecule is O=C(OC(CO)COC1OC(COCc2ccccc2)C(OCc2ccccc2)C(OCc2ccccc2)C1OCc1ccccc1)c1ccccc1.O=C(OCC(COC1OC(COCc2ccccc2)C(OCc2ccccc2)C(OCc2ccccc2)C1OCc1ccccc1)OC(=O)c1ccccc1)c1ccccc1. The first-order chi connectivity index (χ1) is 56.2. The Hall–Kier alpha value is -10.7. The van der Waals surface area contributed by atoms with Gasteiger partial charge in [0.1, 0.15) is 61.5 Å². The van der Waals surface area contributed by atoms with Gasteiger partial charge in [0, 0.05) is 0 Å². The van der Waals surface area contributed by atoms with E-state index in [0.29, 0.717) is 36.5 Å². The third kappa shape index (κ3) is 26.5. The van der Waals surface area contributed by atoms with Gasteiger partial charge < -0.3 is 76.2 Å². The zero-order valence-electron chi connectivity index (χ0n) is 63.4. The average Bonchev–Trinajstić information content (AvgIpc) is 0.790. The van der Waals surface area contributed by atoms with E-state index in [2.05, 4.69) is 0 Å². The molecule has 0 aliphatic carbocycles. The van der Waals surface area contributed by atoms with Crippen LogP contribution in [0.25, 0.3) is 0 Å². The van der Waals surface area contributed by atoms with Gasteiger partial charge in [-0.1, -0.05) is 297 Å². The Balaban J connectivity index is 0.000000213. The van der Waals surface area contributed by atoms with Gasteiger partial charge in [-0.05, 0) is 80.9 Å². The summed E-state index contributed by atoms with van der Waals surface area (Å²) >= 11 is 0. The van der Waals surface area contributed by atoms with Crippen LogP contribution in [0.15, 0.2) is 334 Å². The Morgan fingerprint density at radius 3 is 0.789 bits per heavy atom. The molecule has 13 rings (SSSR count). The summed E-state index contributed by atoms with van der Waals surface area (Å²) in [5, 5.41) is 10.2. The van der Waals surface area contributed by atoms with Gasteiger partial charge in [-0.15, -0.1) is 0 Å². The molecule has 0 aromatic heterocycles. The molecule has 19 heteroatoms. The first-order valence-corrected chi connectivity index (χ1v) is 38.3. The van der Waals surface area contributed by atoms with E-state index in [1.54, 1.807) is 72.8 Å². The maximum Gasteiger partial charge on any atom is 0.338 e. The third-order valence-electron chi connectivity index (χ3n) is 18.8. The van der Waals surface area contributed by atoms with Crippen LogP contribution in [0, 0.1) is 0 Å². The fraction of sp³-hybridized carbons (Fsp3) is 0.274. The van der Waals surface area contributed by atoms with Crippen molar-refractivity contribution in [2.24, 2.45) is 0 Å². The molecule has 12 atom stereocenters. The standard InChI is InChI=1S/C51H50O10.C44H46O9/c52-49(42-27-15-5-16-28-42)58-35-44(60-50(53)43-29-17-6-18-30-43)36-59-51-48(57-34-41-25-13-4-14-26-41)47(56-33-40-23-11-3-12-24-40)46(55-32-39-21-9-2-10-22-39)45(61-51)37-54-31-38-19-7-1-8-20-38;45-26-38(52-43(46)37-24-14-5-15-25-37)31-51-44-42(50-30-36-22-12-4-13-23-36)41(49-29-35-20-10-3-11-21-35)40(48-28-34-18-8-2-9-19-34)39(53-44)32-47-27-33-16-6-1-7-17-33/h1-30,44-48,51H,31-37H2;1-25,38-42,44-45H,26-32H2. The molecule has 590 valence electrons. The van der Waals surface area contributed by atoms with E-state index in [1.807, 2.05) is 261 Å². The molecule has 2 saturated heterocycles. The molecule has 0 amide bonds. The fourth-order valence-corrected chi connectivity index (χ4v) is 12.8. The predicted molar refractivity (Wildman–Crippen MR) is 427 cm³/mol. The molecule has 2 fully saturated rings.